The number of ether oxygens (including phenoxy) is 3. The summed E-state index contributed by atoms with van der Waals surface area (Å²) in [5.74, 6) is 0.261. The standard InChI is InChI=1S/C21H23N3O5/c1-3-11-4-6-12(7-5-11)20-28-18-14(8-25)27-17(21(18,2)29-20)13-9-26-16-15(13)23-10-24-19(16)22/h4-7,9-10,14,17-18,20,25H,3,8H2,1-2H3,(H2,22,23,24)/t14-,17+,18-,20?,21+/m1/s1. The molecule has 8 nitrogen and oxygen atoms in total. The molecule has 2 aromatic heterocycles. The Hall–Kier alpha value is -2.52. The molecule has 0 aliphatic carbocycles. The fourth-order valence-electron chi connectivity index (χ4n) is 4.29. The summed E-state index contributed by atoms with van der Waals surface area (Å²) in [5, 5.41) is 9.90. The van der Waals surface area contributed by atoms with E-state index in [1.807, 2.05) is 19.1 Å². The summed E-state index contributed by atoms with van der Waals surface area (Å²) in [6.45, 7) is 3.86. The number of benzene rings is 1. The minimum Gasteiger partial charge on any atom is -0.458 e. The van der Waals surface area contributed by atoms with Crippen molar-refractivity contribution in [2.24, 2.45) is 0 Å². The third kappa shape index (κ3) is 2.75. The van der Waals surface area contributed by atoms with Crippen molar-refractivity contribution in [1.29, 1.82) is 0 Å². The van der Waals surface area contributed by atoms with Crippen LogP contribution in [0.2, 0.25) is 0 Å². The van der Waals surface area contributed by atoms with Gasteiger partial charge in [-0.2, -0.15) is 0 Å². The lowest BCUT2D eigenvalue weighted by Crippen LogP contribution is -2.40. The third-order valence-electron chi connectivity index (χ3n) is 5.90. The molecule has 0 radical (unpaired) electrons. The normalized spacial score (nSPS) is 31.4. The second-order valence-electron chi connectivity index (χ2n) is 7.65. The first kappa shape index (κ1) is 18.5. The van der Waals surface area contributed by atoms with Crippen LogP contribution in [0.5, 0.6) is 0 Å². The van der Waals surface area contributed by atoms with Crippen LogP contribution in [0.25, 0.3) is 11.1 Å². The molecular weight excluding hydrogens is 374 g/mol. The van der Waals surface area contributed by atoms with Gasteiger partial charge in [0.1, 0.15) is 35.8 Å². The van der Waals surface area contributed by atoms with Crippen LogP contribution in [0, 0.1) is 0 Å². The first-order valence-electron chi connectivity index (χ1n) is 9.71. The number of aliphatic hydroxyl groups excluding tert-OH is 1. The van der Waals surface area contributed by atoms with E-state index in [0.29, 0.717) is 16.7 Å². The highest BCUT2D eigenvalue weighted by molar-refractivity contribution is 5.85. The number of hydrogen-bond acceptors (Lipinski definition) is 8. The van der Waals surface area contributed by atoms with Crippen molar-refractivity contribution in [2.45, 2.75) is 50.5 Å². The molecule has 4 heterocycles. The SMILES string of the molecule is CCc1ccc(C2O[C@@H]3[C@@H](CO)O[C@@H](c4coc5c(N)ncnc45)[C@]3(C)O2)cc1. The summed E-state index contributed by atoms with van der Waals surface area (Å²) in [5.41, 5.74) is 8.91. The second kappa shape index (κ2) is 6.77. The molecule has 3 N–H and O–H groups in total. The quantitative estimate of drug-likeness (QED) is 0.691. The van der Waals surface area contributed by atoms with Gasteiger partial charge in [0.2, 0.25) is 0 Å². The Morgan fingerprint density at radius 2 is 1.97 bits per heavy atom. The second-order valence-corrected chi connectivity index (χ2v) is 7.65. The zero-order valence-electron chi connectivity index (χ0n) is 16.2. The predicted molar refractivity (Wildman–Crippen MR) is 104 cm³/mol. The average Bonchev–Trinajstić information content (AvgIpc) is 3.38. The number of hydrogen-bond donors (Lipinski definition) is 2. The maximum absolute atomic E-state index is 9.90. The van der Waals surface area contributed by atoms with Gasteiger partial charge in [0.05, 0.1) is 12.9 Å². The molecule has 2 saturated heterocycles. The smallest absolute Gasteiger partial charge is 0.194 e. The van der Waals surface area contributed by atoms with Crippen molar-refractivity contribution < 1.29 is 23.7 Å². The van der Waals surface area contributed by atoms with Gasteiger partial charge in [0, 0.05) is 11.1 Å². The zero-order chi connectivity index (χ0) is 20.2. The number of aliphatic hydroxyl groups is 1. The van der Waals surface area contributed by atoms with E-state index in [2.05, 4.69) is 29.0 Å². The monoisotopic (exact) mass is 397 g/mol. The molecule has 1 unspecified atom stereocenters. The summed E-state index contributed by atoms with van der Waals surface area (Å²) >= 11 is 0. The molecule has 5 rings (SSSR count). The van der Waals surface area contributed by atoms with Crippen LogP contribution in [0.15, 0.2) is 41.3 Å². The summed E-state index contributed by atoms with van der Waals surface area (Å²) in [4.78, 5) is 8.28. The molecule has 29 heavy (non-hydrogen) atoms. The number of aromatic nitrogens is 2. The van der Waals surface area contributed by atoms with E-state index in [-0.39, 0.29) is 12.4 Å². The number of nitrogens with two attached hydrogens (primary N) is 1. The number of fused-ring (bicyclic) bond motifs is 2. The van der Waals surface area contributed by atoms with Crippen LogP contribution in [0.1, 0.15) is 42.9 Å². The van der Waals surface area contributed by atoms with Crippen molar-refractivity contribution in [2.75, 3.05) is 12.3 Å². The van der Waals surface area contributed by atoms with E-state index in [4.69, 9.17) is 24.4 Å². The van der Waals surface area contributed by atoms with Gasteiger partial charge in [0.25, 0.3) is 0 Å². The molecule has 8 heteroatoms. The highest BCUT2D eigenvalue weighted by atomic mass is 16.8. The lowest BCUT2D eigenvalue weighted by atomic mass is 9.89. The van der Waals surface area contributed by atoms with Gasteiger partial charge in [-0.15, -0.1) is 0 Å². The Morgan fingerprint density at radius 1 is 1.17 bits per heavy atom. The average molecular weight is 397 g/mol. The topological polar surface area (TPSA) is 113 Å². The molecule has 3 aromatic rings. The van der Waals surface area contributed by atoms with Gasteiger partial charge in [-0.3, -0.25) is 0 Å². The molecule has 0 saturated carbocycles. The van der Waals surface area contributed by atoms with Crippen LogP contribution < -0.4 is 5.73 Å². The van der Waals surface area contributed by atoms with E-state index in [1.54, 1.807) is 6.26 Å². The number of anilines is 1. The van der Waals surface area contributed by atoms with E-state index in [1.165, 1.54) is 11.9 Å². The molecule has 5 atom stereocenters. The summed E-state index contributed by atoms with van der Waals surface area (Å²) in [7, 11) is 0. The van der Waals surface area contributed by atoms with E-state index in [9.17, 15) is 5.11 Å². The maximum Gasteiger partial charge on any atom is 0.194 e. The summed E-state index contributed by atoms with van der Waals surface area (Å²) < 4.78 is 24.4. The Bertz CT molecular complexity index is 1040. The lowest BCUT2D eigenvalue weighted by molar-refractivity contribution is -0.157. The van der Waals surface area contributed by atoms with E-state index >= 15 is 0 Å². The number of nitrogen functional groups attached to an aromatic ring is 1. The Labute approximate surface area is 167 Å². The molecule has 0 amide bonds. The Morgan fingerprint density at radius 3 is 2.69 bits per heavy atom. The largest absolute Gasteiger partial charge is 0.458 e. The lowest BCUT2D eigenvalue weighted by Gasteiger charge is -2.27. The highest BCUT2D eigenvalue weighted by Gasteiger charge is 2.62. The highest BCUT2D eigenvalue weighted by Crippen LogP contribution is 2.54. The van der Waals surface area contributed by atoms with Crippen LogP contribution in [-0.4, -0.2) is 39.5 Å². The van der Waals surface area contributed by atoms with Gasteiger partial charge < -0.3 is 29.5 Å². The molecule has 2 fully saturated rings. The van der Waals surface area contributed by atoms with Gasteiger partial charge in [-0.25, -0.2) is 9.97 Å². The molecule has 2 aliphatic heterocycles. The van der Waals surface area contributed by atoms with E-state index in [0.717, 1.165) is 12.0 Å². The summed E-state index contributed by atoms with van der Waals surface area (Å²) in [6.07, 6.45) is 1.85. The van der Waals surface area contributed by atoms with Gasteiger partial charge in [0.15, 0.2) is 17.7 Å². The van der Waals surface area contributed by atoms with Crippen molar-refractivity contribution in [1.82, 2.24) is 9.97 Å². The minimum atomic E-state index is -0.835. The first-order chi connectivity index (χ1) is 14.0. The fraction of sp³-hybridized carbons (Fsp3) is 0.429. The van der Waals surface area contributed by atoms with Crippen LogP contribution >= 0.6 is 0 Å². The fourth-order valence-corrected chi connectivity index (χ4v) is 4.29. The molecule has 2 aliphatic rings. The minimum absolute atomic E-state index is 0.186. The zero-order valence-corrected chi connectivity index (χ0v) is 16.2. The van der Waals surface area contributed by atoms with Gasteiger partial charge >= 0.3 is 0 Å². The van der Waals surface area contributed by atoms with Crippen LogP contribution in [-0.2, 0) is 20.6 Å². The predicted octanol–water partition coefficient (Wildman–Crippen LogP) is 2.67. The Balaban J connectivity index is 1.52. The van der Waals surface area contributed by atoms with Crippen LogP contribution in [0.4, 0.5) is 5.82 Å². The molecule has 0 bridgehead atoms. The van der Waals surface area contributed by atoms with E-state index < -0.39 is 30.2 Å². The molecule has 0 spiro atoms. The van der Waals surface area contributed by atoms with Crippen molar-refractivity contribution >= 4 is 16.9 Å². The van der Waals surface area contributed by atoms with Gasteiger partial charge in [-0.1, -0.05) is 31.2 Å². The molecule has 152 valence electrons. The summed E-state index contributed by atoms with van der Waals surface area (Å²) in [6, 6.07) is 8.16. The first-order valence-corrected chi connectivity index (χ1v) is 9.71. The maximum atomic E-state index is 9.90. The third-order valence-corrected chi connectivity index (χ3v) is 5.90. The number of rotatable bonds is 4. The van der Waals surface area contributed by atoms with Gasteiger partial charge in [-0.05, 0) is 18.9 Å². The van der Waals surface area contributed by atoms with Crippen molar-refractivity contribution in [3.05, 3.63) is 53.5 Å². The number of nitrogens with zero attached hydrogens (tertiary/aromatic N) is 2. The number of furan rings is 1. The number of aryl methyl sites for hydroxylation is 1. The van der Waals surface area contributed by atoms with Crippen LogP contribution in [0.3, 0.4) is 0 Å². The van der Waals surface area contributed by atoms with Crippen molar-refractivity contribution in [3.63, 3.8) is 0 Å². The Kier molecular flexibility index (Phi) is 4.32. The molecule has 1 aromatic carbocycles. The molecular formula is C21H23N3O5. The van der Waals surface area contributed by atoms with Crippen molar-refractivity contribution in [3.8, 4) is 0 Å².